The predicted molar refractivity (Wildman–Crippen MR) is 70.5 cm³/mol. The van der Waals surface area contributed by atoms with Gasteiger partial charge in [0.1, 0.15) is 11.5 Å². The molecular weight excluding hydrogens is 214 g/mol. The maximum atomic E-state index is 9.71. The summed E-state index contributed by atoms with van der Waals surface area (Å²) in [5.41, 5.74) is 0.906. The summed E-state index contributed by atoms with van der Waals surface area (Å²) in [6.45, 7) is 3.65. The van der Waals surface area contributed by atoms with Crippen molar-refractivity contribution >= 4 is 0 Å². The van der Waals surface area contributed by atoms with Crippen LogP contribution in [0.2, 0.25) is 0 Å². The van der Waals surface area contributed by atoms with E-state index in [0.717, 1.165) is 30.9 Å². The zero-order valence-electron chi connectivity index (χ0n) is 11.1. The fraction of sp³-hybridized carbons (Fsp3) is 0.571. The summed E-state index contributed by atoms with van der Waals surface area (Å²) < 4.78 is 5.66. The number of nitrogens with zero attached hydrogens (tertiary/aromatic N) is 1. The van der Waals surface area contributed by atoms with E-state index in [-0.39, 0.29) is 0 Å². The average Bonchev–Trinajstić information content (AvgIpc) is 2.28. The molecule has 96 valence electrons. The first-order valence-corrected chi connectivity index (χ1v) is 6.23. The van der Waals surface area contributed by atoms with Crippen LogP contribution in [0, 0.1) is 0 Å². The molecule has 1 rings (SSSR count). The molecule has 0 atom stereocenters. The molecular formula is C14H23NO2. The van der Waals surface area contributed by atoms with Gasteiger partial charge in [-0.1, -0.05) is 19.8 Å². The summed E-state index contributed by atoms with van der Waals surface area (Å²) >= 11 is 0. The smallest absolute Gasteiger partial charge is 0.120 e. The Morgan fingerprint density at radius 3 is 2.65 bits per heavy atom. The van der Waals surface area contributed by atoms with Crippen molar-refractivity contribution < 1.29 is 9.84 Å². The van der Waals surface area contributed by atoms with Gasteiger partial charge in [0.2, 0.25) is 0 Å². The molecule has 0 radical (unpaired) electrons. The first-order chi connectivity index (χ1) is 8.13. The topological polar surface area (TPSA) is 32.7 Å². The van der Waals surface area contributed by atoms with Crippen LogP contribution in [0.25, 0.3) is 0 Å². The lowest BCUT2D eigenvalue weighted by Crippen LogP contribution is -2.11. The summed E-state index contributed by atoms with van der Waals surface area (Å²) in [7, 11) is 3.96. The molecule has 3 nitrogen and oxygen atoms in total. The van der Waals surface area contributed by atoms with E-state index in [9.17, 15) is 5.11 Å². The normalized spacial score (nSPS) is 10.8. The first kappa shape index (κ1) is 13.8. The molecule has 0 aromatic heterocycles. The maximum Gasteiger partial charge on any atom is 0.120 e. The minimum absolute atomic E-state index is 0.333. The highest BCUT2D eigenvalue weighted by Crippen LogP contribution is 2.24. The van der Waals surface area contributed by atoms with Crippen LogP contribution in [-0.4, -0.2) is 30.7 Å². The second-order valence-electron chi connectivity index (χ2n) is 4.58. The molecule has 0 amide bonds. The third-order valence-corrected chi connectivity index (χ3v) is 2.55. The van der Waals surface area contributed by atoms with Gasteiger partial charge < -0.3 is 14.7 Å². The van der Waals surface area contributed by atoms with Gasteiger partial charge >= 0.3 is 0 Å². The van der Waals surface area contributed by atoms with Gasteiger partial charge in [-0.2, -0.15) is 0 Å². The summed E-state index contributed by atoms with van der Waals surface area (Å²) in [5.74, 6) is 1.18. The Morgan fingerprint density at radius 1 is 1.24 bits per heavy atom. The van der Waals surface area contributed by atoms with Gasteiger partial charge in [-0.25, -0.2) is 0 Å². The number of phenols is 1. The summed E-state index contributed by atoms with van der Waals surface area (Å²) in [6, 6.07) is 5.44. The Morgan fingerprint density at radius 2 is 2.00 bits per heavy atom. The maximum absolute atomic E-state index is 9.71. The molecule has 0 aliphatic heterocycles. The van der Waals surface area contributed by atoms with Gasteiger partial charge in [-0.05, 0) is 38.7 Å². The predicted octanol–water partition coefficient (Wildman–Crippen LogP) is 3.02. The minimum atomic E-state index is 0.333. The molecule has 1 N–H and O–H groups in total. The molecule has 0 saturated carbocycles. The zero-order valence-corrected chi connectivity index (χ0v) is 11.1. The lowest BCUT2D eigenvalue weighted by Gasteiger charge is -2.13. The Balaban J connectivity index is 2.55. The molecule has 0 fully saturated rings. The van der Waals surface area contributed by atoms with Gasteiger partial charge in [-0.15, -0.1) is 0 Å². The number of unbranched alkanes of at least 4 members (excludes halogenated alkanes) is 2. The quantitative estimate of drug-likeness (QED) is 0.740. The van der Waals surface area contributed by atoms with E-state index in [1.165, 1.54) is 12.8 Å². The monoisotopic (exact) mass is 237 g/mol. The van der Waals surface area contributed by atoms with Gasteiger partial charge in [0.25, 0.3) is 0 Å². The fourth-order valence-corrected chi connectivity index (χ4v) is 1.66. The second kappa shape index (κ2) is 7.17. The molecule has 0 heterocycles. The molecule has 17 heavy (non-hydrogen) atoms. The zero-order chi connectivity index (χ0) is 12.7. The Labute approximate surface area is 104 Å². The number of rotatable bonds is 7. The van der Waals surface area contributed by atoms with Crippen molar-refractivity contribution in [3.8, 4) is 11.5 Å². The Hall–Kier alpha value is -1.22. The Kier molecular flexibility index (Phi) is 5.84. The third kappa shape index (κ3) is 5.09. The van der Waals surface area contributed by atoms with E-state index < -0.39 is 0 Å². The van der Waals surface area contributed by atoms with Gasteiger partial charge in [0, 0.05) is 12.1 Å². The Bertz CT molecular complexity index is 337. The van der Waals surface area contributed by atoms with E-state index in [1.807, 2.05) is 31.1 Å². The number of hydrogen-bond acceptors (Lipinski definition) is 3. The lowest BCUT2D eigenvalue weighted by molar-refractivity contribution is 0.304. The van der Waals surface area contributed by atoms with Crippen LogP contribution in [0.5, 0.6) is 11.5 Å². The molecule has 1 aromatic carbocycles. The van der Waals surface area contributed by atoms with E-state index >= 15 is 0 Å². The SMILES string of the molecule is CCCCCOc1ccc(O)c(CN(C)C)c1. The highest BCUT2D eigenvalue weighted by Gasteiger charge is 2.04. The van der Waals surface area contributed by atoms with Gasteiger partial charge in [0.05, 0.1) is 6.61 Å². The van der Waals surface area contributed by atoms with Gasteiger partial charge in [-0.3, -0.25) is 0 Å². The van der Waals surface area contributed by atoms with E-state index in [4.69, 9.17) is 4.74 Å². The van der Waals surface area contributed by atoms with Crippen molar-refractivity contribution in [3.05, 3.63) is 23.8 Å². The van der Waals surface area contributed by atoms with Crippen molar-refractivity contribution in [1.82, 2.24) is 4.90 Å². The second-order valence-corrected chi connectivity index (χ2v) is 4.58. The van der Waals surface area contributed by atoms with Crippen LogP contribution in [0.4, 0.5) is 0 Å². The van der Waals surface area contributed by atoms with E-state index in [1.54, 1.807) is 6.07 Å². The molecule has 0 bridgehead atoms. The van der Waals surface area contributed by atoms with Crippen LogP contribution >= 0.6 is 0 Å². The van der Waals surface area contributed by atoms with Crippen LogP contribution in [0.3, 0.4) is 0 Å². The van der Waals surface area contributed by atoms with Crippen LogP contribution in [0.1, 0.15) is 31.7 Å². The standard InChI is InChI=1S/C14H23NO2/c1-4-5-6-9-17-13-7-8-14(16)12(10-13)11-15(2)3/h7-8,10,16H,4-6,9,11H2,1-3H3. The lowest BCUT2D eigenvalue weighted by atomic mass is 10.2. The summed E-state index contributed by atoms with van der Waals surface area (Å²) in [5, 5.41) is 9.71. The molecule has 0 aliphatic rings. The third-order valence-electron chi connectivity index (χ3n) is 2.55. The van der Waals surface area contributed by atoms with Crippen molar-refractivity contribution in [3.63, 3.8) is 0 Å². The van der Waals surface area contributed by atoms with Crippen LogP contribution in [-0.2, 0) is 6.54 Å². The van der Waals surface area contributed by atoms with Crippen molar-refractivity contribution in [2.24, 2.45) is 0 Å². The number of aromatic hydroxyl groups is 1. The van der Waals surface area contributed by atoms with E-state index in [2.05, 4.69) is 6.92 Å². The number of ether oxygens (including phenoxy) is 1. The summed E-state index contributed by atoms with van der Waals surface area (Å²) in [6.07, 6.45) is 3.48. The highest BCUT2D eigenvalue weighted by atomic mass is 16.5. The van der Waals surface area contributed by atoms with Crippen molar-refractivity contribution in [1.29, 1.82) is 0 Å². The summed E-state index contributed by atoms with van der Waals surface area (Å²) in [4.78, 5) is 2.02. The fourth-order valence-electron chi connectivity index (χ4n) is 1.66. The molecule has 0 spiro atoms. The molecule has 0 unspecified atom stereocenters. The van der Waals surface area contributed by atoms with Gasteiger partial charge in [0.15, 0.2) is 0 Å². The molecule has 0 saturated heterocycles. The number of phenolic OH excluding ortho intramolecular Hbond substituents is 1. The first-order valence-electron chi connectivity index (χ1n) is 6.23. The molecule has 3 heteroatoms. The largest absolute Gasteiger partial charge is 0.508 e. The van der Waals surface area contributed by atoms with Crippen molar-refractivity contribution in [2.45, 2.75) is 32.7 Å². The molecule has 0 aliphatic carbocycles. The van der Waals surface area contributed by atoms with E-state index in [0.29, 0.717) is 5.75 Å². The molecule has 1 aromatic rings. The average molecular weight is 237 g/mol. The highest BCUT2D eigenvalue weighted by molar-refractivity contribution is 5.39. The van der Waals surface area contributed by atoms with Crippen LogP contribution < -0.4 is 4.74 Å². The number of benzene rings is 1. The number of hydrogen-bond donors (Lipinski definition) is 1. The van der Waals surface area contributed by atoms with Crippen LogP contribution in [0.15, 0.2) is 18.2 Å². The van der Waals surface area contributed by atoms with Crippen molar-refractivity contribution in [2.75, 3.05) is 20.7 Å². The minimum Gasteiger partial charge on any atom is -0.508 e.